The van der Waals surface area contributed by atoms with Crippen molar-refractivity contribution < 1.29 is 4.79 Å². The molecule has 0 saturated heterocycles. The van der Waals surface area contributed by atoms with E-state index in [0.29, 0.717) is 0 Å². The quantitative estimate of drug-likeness (QED) is 0.659. The van der Waals surface area contributed by atoms with Crippen molar-refractivity contribution in [3.05, 3.63) is 47.5 Å². The standard InChI is InChI=1S/C15H14O/c1-10-12-7-3-5-11-6-4-8-13(14(11)12)15(10,2)9-16/h3-10H,1-2H3/t10-,15-/m1/s1. The maximum Gasteiger partial charge on any atom is 0.130 e. The van der Waals surface area contributed by atoms with Crippen LogP contribution in [0.5, 0.6) is 0 Å². The van der Waals surface area contributed by atoms with E-state index in [9.17, 15) is 4.79 Å². The highest BCUT2D eigenvalue weighted by atomic mass is 16.1. The Kier molecular flexibility index (Phi) is 1.76. The molecular weight excluding hydrogens is 196 g/mol. The highest BCUT2D eigenvalue weighted by Gasteiger charge is 2.41. The van der Waals surface area contributed by atoms with Crippen LogP contribution in [0.4, 0.5) is 0 Å². The highest BCUT2D eigenvalue weighted by molar-refractivity contribution is 5.97. The average Bonchev–Trinajstić information content (AvgIpc) is 2.55. The molecule has 2 aromatic rings. The van der Waals surface area contributed by atoms with Crippen molar-refractivity contribution >= 4 is 17.1 Å². The molecule has 1 nitrogen and oxygen atoms in total. The van der Waals surface area contributed by atoms with Gasteiger partial charge >= 0.3 is 0 Å². The van der Waals surface area contributed by atoms with Gasteiger partial charge in [0.15, 0.2) is 0 Å². The molecule has 0 N–H and O–H groups in total. The Morgan fingerprint density at radius 1 is 1.19 bits per heavy atom. The number of hydrogen-bond acceptors (Lipinski definition) is 1. The van der Waals surface area contributed by atoms with E-state index in [-0.39, 0.29) is 11.3 Å². The molecule has 2 aromatic carbocycles. The predicted molar refractivity (Wildman–Crippen MR) is 65.8 cm³/mol. The van der Waals surface area contributed by atoms with Crippen LogP contribution in [0.25, 0.3) is 10.8 Å². The third kappa shape index (κ3) is 0.934. The van der Waals surface area contributed by atoms with Gasteiger partial charge in [0.25, 0.3) is 0 Å². The van der Waals surface area contributed by atoms with Crippen LogP contribution in [0, 0.1) is 0 Å². The molecule has 0 radical (unpaired) electrons. The summed E-state index contributed by atoms with van der Waals surface area (Å²) in [5, 5.41) is 2.53. The average molecular weight is 210 g/mol. The number of carbonyl (C=O) groups excluding carboxylic acids is 1. The van der Waals surface area contributed by atoms with Gasteiger partial charge in [-0.1, -0.05) is 43.3 Å². The Bertz CT molecular complexity index is 580. The van der Waals surface area contributed by atoms with Gasteiger partial charge in [-0.15, -0.1) is 0 Å². The van der Waals surface area contributed by atoms with Crippen LogP contribution in [0.2, 0.25) is 0 Å². The highest BCUT2D eigenvalue weighted by Crippen LogP contribution is 2.49. The smallest absolute Gasteiger partial charge is 0.130 e. The van der Waals surface area contributed by atoms with Gasteiger partial charge in [0.1, 0.15) is 6.29 Å². The zero-order valence-electron chi connectivity index (χ0n) is 9.53. The molecule has 0 bridgehead atoms. The van der Waals surface area contributed by atoms with E-state index >= 15 is 0 Å². The minimum absolute atomic E-state index is 0.270. The summed E-state index contributed by atoms with van der Waals surface area (Å²) in [6, 6.07) is 12.6. The van der Waals surface area contributed by atoms with Gasteiger partial charge < -0.3 is 4.79 Å². The van der Waals surface area contributed by atoms with Crippen molar-refractivity contribution in [2.24, 2.45) is 0 Å². The van der Waals surface area contributed by atoms with Crippen LogP contribution in [-0.2, 0) is 10.2 Å². The van der Waals surface area contributed by atoms with Crippen molar-refractivity contribution in [1.82, 2.24) is 0 Å². The van der Waals surface area contributed by atoms with Crippen LogP contribution in [0.3, 0.4) is 0 Å². The summed E-state index contributed by atoms with van der Waals surface area (Å²) in [7, 11) is 0. The third-order valence-corrected chi connectivity index (χ3v) is 4.13. The molecule has 80 valence electrons. The normalized spacial score (nSPS) is 27.2. The molecule has 0 heterocycles. The molecule has 2 atom stereocenters. The van der Waals surface area contributed by atoms with E-state index in [4.69, 9.17) is 0 Å². The molecule has 0 aromatic heterocycles. The first kappa shape index (κ1) is 9.59. The Balaban J connectivity index is 2.49. The monoisotopic (exact) mass is 210 g/mol. The van der Waals surface area contributed by atoms with Gasteiger partial charge in [0.05, 0.1) is 5.41 Å². The number of benzene rings is 2. The van der Waals surface area contributed by atoms with Gasteiger partial charge in [0.2, 0.25) is 0 Å². The van der Waals surface area contributed by atoms with Gasteiger partial charge in [-0.25, -0.2) is 0 Å². The summed E-state index contributed by atoms with van der Waals surface area (Å²) < 4.78 is 0. The Morgan fingerprint density at radius 2 is 1.88 bits per heavy atom. The fourth-order valence-electron chi connectivity index (χ4n) is 2.90. The molecule has 1 heteroatoms. The fourth-order valence-corrected chi connectivity index (χ4v) is 2.90. The second-order valence-corrected chi connectivity index (χ2v) is 4.87. The fraction of sp³-hybridized carbons (Fsp3) is 0.267. The molecule has 0 unspecified atom stereocenters. The van der Waals surface area contributed by atoms with E-state index in [1.807, 2.05) is 13.0 Å². The van der Waals surface area contributed by atoms with E-state index in [1.54, 1.807) is 0 Å². The Labute approximate surface area is 95.1 Å². The molecule has 1 aliphatic carbocycles. The molecule has 0 saturated carbocycles. The third-order valence-electron chi connectivity index (χ3n) is 4.13. The lowest BCUT2D eigenvalue weighted by Crippen LogP contribution is -2.26. The van der Waals surface area contributed by atoms with E-state index < -0.39 is 0 Å². The van der Waals surface area contributed by atoms with Crippen LogP contribution < -0.4 is 0 Å². The predicted octanol–water partition coefficient (Wildman–Crippen LogP) is 3.41. The molecule has 3 rings (SSSR count). The first-order chi connectivity index (χ1) is 7.68. The van der Waals surface area contributed by atoms with Gasteiger partial charge in [-0.2, -0.15) is 0 Å². The van der Waals surface area contributed by atoms with Crippen LogP contribution in [0.15, 0.2) is 36.4 Å². The summed E-state index contributed by atoms with van der Waals surface area (Å²) in [6.07, 6.45) is 1.10. The maximum atomic E-state index is 11.4. The summed E-state index contributed by atoms with van der Waals surface area (Å²) in [5.41, 5.74) is 2.13. The van der Waals surface area contributed by atoms with E-state index in [0.717, 1.165) is 6.29 Å². The minimum Gasteiger partial charge on any atom is -0.302 e. The molecular formula is C15H14O. The molecule has 1 aliphatic rings. The summed E-state index contributed by atoms with van der Waals surface area (Å²) in [4.78, 5) is 11.4. The van der Waals surface area contributed by atoms with Crippen molar-refractivity contribution in [3.8, 4) is 0 Å². The second kappa shape index (κ2) is 2.94. The van der Waals surface area contributed by atoms with E-state index in [2.05, 4.69) is 37.3 Å². The second-order valence-electron chi connectivity index (χ2n) is 4.87. The summed E-state index contributed by atoms with van der Waals surface area (Å²) >= 11 is 0. The molecule has 0 aliphatic heterocycles. The van der Waals surface area contributed by atoms with Gasteiger partial charge in [0, 0.05) is 0 Å². The maximum absolute atomic E-state index is 11.4. The van der Waals surface area contributed by atoms with Crippen molar-refractivity contribution in [2.45, 2.75) is 25.2 Å². The van der Waals surface area contributed by atoms with Crippen molar-refractivity contribution in [2.75, 3.05) is 0 Å². The zero-order valence-corrected chi connectivity index (χ0v) is 9.53. The number of aldehydes is 1. The van der Waals surface area contributed by atoms with Crippen LogP contribution >= 0.6 is 0 Å². The van der Waals surface area contributed by atoms with Gasteiger partial charge in [-0.3, -0.25) is 0 Å². The summed E-state index contributed by atoms with van der Waals surface area (Å²) in [6.45, 7) is 4.18. The number of carbonyl (C=O) groups is 1. The topological polar surface area (TPSA) is 17.1 Å². The largest absolute Gasteiger partial charge is 0.302 e. The molecule has 0 amide bonds. The summed E-state index contributed by atoms with van der Waals surface area (Å²) in [5.74, 6) is 0.270. The first-order valence-electron chi connectivity index (χ1n) is 5.67. The minimum atomic E-state index is -0.358. The first-order valence-corrected chi connectivity index (χ1v) is 5.67. The Hall–Kier alpha value is -1.63. The molecule has 0 fully saturated rings. The Morgan fingerprint density at radius 3 is 2.56 bits per heavy atom. The lowest BCUT2D eigenvalue weighted by atomic mass is 9.77. The van der Waals surface area contributed by atoms with Crippen LogP contribution in [-0.4, -0.2) is 6.29 Å². The number of hydrogen-bond donors (Lipinski definition) is 0. The number of rotatable bonds is 1. The molecule has 0 spiro atoms. The lowest BCUT2D eigenvalue weighted by Gasteiger charge is -2.24. The van der Waals surface area contributed by atoms with Crippen LogP contribution in [0.1, 0.15) is 30.9 Å². The molecule has 16 heavy (non-hydrogen) atoms. The SMILES string of the molecule is C[C@@H]1c2cccc3cccc(c23)[C@]1(C)C=O. The lowest BCUT2D eigenvalue weighted by molar-refractivity contribution is -0.112. The van der Waals surface area contributed by atoms with E-state index in [1.165, 1.54) is 21.9 Å². The zero-order chi connectivity index (χ0) is 11.3. The van der Waals surface area contributed by atoms with Crippen molar-refractivity contribution in [1.29, 1.82) is 0 Å². The van der Waals surface area contributed by atoms with Crippen molar-refractivity contribution in [3.63, 3.8) is 0 Å². The van der Waals surface area contributed by atoms with Gasteiger partial charge in [-0.05, 0) is 34.7 Å².